The Labute approximate surface area is 255 Å². The number of nitrogens with one attached hydrogen (secondary N) is 2. The molecule has 0 aromatic carbocycles. The van der Waals surface area contributed by atoms with Crippen LogP contribution >= 0.6 is 0 Å². The highest BCUT2D eigenvalue weighted by Crippen LogP contribution is 2.34. The maximum absolute atomic E-state index is 13.0. The van der Waals surface area contributed by atoms with Gasteiger partial charge in [0.2, 0.25) is 27.8 Å². The van der Waals surface area contributed by atoms with Crippen LogP contribution < -0.4 is 24.7 Å². The quantitative estimate of drug-likeness (QED) is 0.220. The van der Waals surface area contributed by atoms with Gasteiger partial charge in [-0.15, -0.1) is 0 Å². The van der Waals surface area contributed by atoms with E-state index in [0.717, 1.165) is 37.8 Å². The molecule has 0 amide bonds. The molecule has 2 fully saturated rings. The van der Waals surface area contributed by atoms with Crippen LogP contribution in [0.4, 0.5) is 23.4 Å². The Morgan fingerprint density at radius 2 is 1.82 bits per heavy atom. The van der Waals surface area contributed by atoms with Crippen LogP contribution in [0.1, 0.15) is 31.4 Å². The van der Waals surface area contributed by atoms with Gasteiger partial charge in [-0.3, -0.25) is 14.5 Å². The lowest BCUT2D eigenvalue weighted by Gasteiger charge is -2.31. The summed E-state index contributed by atoms with van der Waals surface area (Å²) in [6, 6.07) is 5.70. The molecule has 4 aromatic heterocycles. The summed E-state index contributed by atoms with van der Waals surface area (Å²) in [7, 11) is -2.05. The number of nitrogens with zero attached hydrogens (tertiary/aromatic N) is 8. The first-order valence-corrected chi connectivity index (χ1v) is 16.4. The van der Waals surface area contributed by atoms with Crippen molar-refractivity contribution < 1.29 is 23.1 Å². The number of anilines is 4. The third kappa shape index (κ3) is 6.61. The van der Waals surface area contributed by atoms with E-state index in [1.165, 1.54) is 10.5 Å². The third-order valence-electron chi connectivity index (χ3n) is 7.98. The van der Waals surface area contributed by atoms with Crippen molar-refractivity contribution in [1.82, 2.24) is 29.5 Å². The Morgan fingerprint density at radius 1 is 1.07 bits per heavy atom. The fraction of sp³-hybridized carbons (Fsp3) is 0.464. The van der Waals surface area contributed by atoms with Gasteiger partial charge in [0.15, 0.2) is 0 Å². The lowest BCUT2D eigenvalue weighted by molar-refractivity contribution is 0.122. The van der Waals surface area contributed by atoms with E-state index >= 15 is 0 Å². The summed E-state index contributed by atoms with van der Waals surface area (Å²) in [5, 5.41) is 13.3. The van der Waals surface area contributed by atoms with Gasteiger partial charge >= 0.3 is 0 Å². The van der Waals surface area contributed by atoms with E-state index in [9.17, 15) is 13.6 Å². The van der Waals surface area contributed by atoms with Gasteiger partial charge in [0, 0.05) is 44.6 Å². The second-order valence-electron chi connectivity index (χ2n) is 11.0. The van der Waals surface area contributed by atoms with E-state index in [-0.39, 0.29) is 24.6 Å². The Hall–Kier alpha value is -4.28. The number of sulfonamides is 1. The van der Waals surface area contributed by atoms with Crippen molar-refractivity contribution in [1.29, 1.82) is 0 Å². The number of rotatable bonds is 10. The largest absolute Gasteiger partial charge is 0.474 e. The summed E-state index contributed by atoms with van der Waals surface area (Å²) in [5.41, 5.74) is 3.59. The summed E-state index contributed by atoms with van der Waals surface area (Å²) in [5.74, 6) is 1.97. The van der Waals surface area contributed by atoms with E-state index in [0.29, 0.717) is 60.4 Å². The molecule has 0 radical (unpaired) electrons. The number of morpholine rings is 1. The zero-order valence-electron chi connectivity index (χ0n) is 24.6. The van der Waals surface area contributed by atoms with Gasteiger partial charge in [-0.25, -0.2) is 28.8 Å². The molecule has 16 heteroatoms. The zero-order valence-corrected chi connectivity index (χ0v) is 25.4. The molecule has 0 unspecified atom stereocenters. The van der Waals surface area contributed by atoms with Crippen molar-refractivity contribution in [2.75, 3.05) is 52.6 Å². The molecule has 15 nitrogen and oxygen atoms in total. The highest BCUT2D eigenvalue weighted by Gasteiger charge is 2.27. The summed E-state index contributed by atoms with van der Waals surface area (Å²) in [4.78, 5) is 24.4. The van der Waals surface area contributed by atoms with Gasteiger partial charge in [-0.05, 0) is 37.8 Å². The van der Waals surface area contributed by atoms with Gasteiger partial charge < -0.3 is 24.3 Å². The molecule has 1 aliphatic heterocycles. The molecule has 3 N–H and O–H groups in total. The molecular formula is C28H36N10O5S. The summed E-state index contributed by atoms with van der Waals surface area (Å²) in [6.07, 6.45) is 10.9. The first-order valence-electron chi connectivity index (χ1n) is 14.5. The molecule has 6 rings (SSSR count). The minimum Gasteiger partial charge on any atom is -0.474 e. The fourth-order valence-electron chi connectivity index (χ4n) is 5.53. The second kappa shape index (κ2) is 12.8. The third-order valence-corrected chi connectivity index (χ3v) is 9.12. The Morgan fingerprint density at radius 3 is 2.50 bits per heavy atom. The monoisotopic (exact) mass is 624 g/mol. The summed E-state index contributed by atoms with van der Waals surface area (Å²) in [6.45, 7) is 2.59. The zero-order chi connectivity index (χ0) is 30.7. The van der Waals surface area contributed by atoms with Crippen molar-refractivity contribution in [2.24, 2.45) is 7.05 Å². The van der Waals surface area contributed by atoms with Crippen molar-refractivity contribution in [3.05, 3.63) is 48.7 Å². The molecule has 4 aromatic rings. The highest BCUT2D eigenvalue weighted by atomic mass is 32.2. The van der Waals surface area contributed by atoms with E-state index < -0.39 is 10.0 Å². The average molecular weight is 625 g/mol. The van der Waals surface area contributed by atoms with Crippen molar-refractivity contribution in [3.63, 3.8) is 0 Å². The minimum atomic E-state index is -3.73. The van der Waals surface area contributed by atoms with Crippen molar-refractivity contribution in [2.45, 2.75) is 44.4 Å². The molecule has 1 saturated heterocycles. The van der Waals surface area contributed by atoms with Crippen LogP contribution in [-0.2, 0) is 28.4 Å². The van der Waals surface area contributed by atoms with Crippen LogP contribution in [0.15, 0.2) is 43.0 Å². The van der Waals surface area contributed by atoms with Gasteiger partial charge in [0.1, 0.15) is 11.9 Å². The van der Waals surface area contributed by atoms with E-state index in [2.05, 4.69) is 30.2 Å². The average Bonchev–Trinajstić information content (AvgIpc) is 3.39. The number of pyridine rings is 2. The number of fused-ring (bicyclic) bond motifs is 1. The van der Waals surface area contributed by atoms with E-state index in [1.807, 2.05) is 11.5 Å². The molecule has 5 heterocycles. The molecular weight excluding hydrogens is 588 g/mol. The lowest BCUT2D eigenvalue weighted by atomic mass is 9.93. The van der Waals surface area contributed by atoms with Gasteiger partial charge in [-0.2, -0.15) is 4.98 Å². The molecule has 0 bridgehead atoms. The van der Waals surface area contributed by atoms with Crippen molar-refractivity contribution in [3.8, 4) is 5.88 Å². The topological polar surface area (TPSA) is 173 Å². The smallest absolute Gasteiger partial charge is 0.232 e. The second-order valence-corrected chi connectivity index (χ2v) is 12.9. The predicted molar refractivity (Wildman–Crippen MR) is 165 cm³/mol. The van der Waals surface area contributed by atoms with E-state index in [4.69, 9.17) is 14.5 Å². The predicted octanol–water partition coefficient (Wildman–Crippen LogP) is 2.56. The highest BCUT2D eigenvalue weighted by molar-refractivity contribution is 7.92. The SMILES string of the molecule is Cn1c(CN(c2cnc3cc(N4CCOCC4)nc(OC4CCC(Nc5ncccn5)CC4)c3c2)S(C)(=O)=O)cnc1NO. The number of hydrogen-bond donors (Lipinski definition) is 3. The minimum absolute atomic E-state index is 0.0190. The lowest BCUT2D eigenvalue weighted by Crippen LogP contribution is -2.37. The van der Waals surface area contributed by atoms with Gasteiger partial charge in [0.05, 0.1) is 60.7 Å². The number of imidazole rings is 1. The standard InChI is InChI=1S/C28H36N10O5S/c1-36-21(17-32-28(36)35-39)18-38(44(2,40)41)20-14-23-24(31-16-20)15-25(37-10-12-42-13-11-37)34-26(23)43-22-6-4-19(5-7-22)33-27-29-8-3-9-30-27/h3,8-9,14-17,19,22,39H,4-7,10-13,18H2,1-2H3,(H,32,35)(H,29,30,33). The number of hydrogen-bond acceptors (Lipinski definition) is 13. The summed E-state index contributed by atoms with van der Waals surface area (Å²) < 4.78 is 41.0. The molecule has 2 aliphatic rings. The normalized spacial score (nSPS) is 19.1. The van der Waals surface area contributed by atoms with Crippen LogP contribution in [-0.4, -0.2) is 87.8 Å². The number of aromatic nitrogens is 6. The van der Waals surface area contributed by atoms with Crippen LogP contribution in [0.25, 0.3) is 10.9 Å². The van der Waals surface area contributed by atoms with Gasteiger partial charge in [0.25, 0.3) is 0 Å². The maximum atomic E-state index is 13.0. The first kappa shape index (κ1) is 29.8. The van der Waals surface area contributed by atoms with Crippen LogP contribution in [0.5, 0.6) is 5.88 Å². The molecule has 234 valence electrons. The molecule has 0 atom stereocenters. The van der Waals surface area contributed by atoms with Crippen molar-refractivity contribution >= 4 is 44.3 Å². The summed E-state index contributed by atoms with van der Waals surface area (Å²) >= 11 is 0. The Balaban J connectivity index is 1.30. The number of ether oxygens (including phenoxy) is 2. The molecule has 44 heavy (non-hydrogen) atoms. The maximum Gasteiger partial charge on any atom is 0.232 e. The van der Waals surface area contributed by atoms with Crippen LogP contribution in [0.2, 0.25) is 0 Å². The van der Waals surface area contributed by atoms with Crippen LogP contribution in [0.3, 0.4) is 0 Å². The Bertz CT molecular complexity index is 1690. The molecule has 1 aliphatic carbocycles. The first-order chi connectivity index (χ1) is 21.3. The van der Waals surface area contributed by atoms with E-state index in [1.54, 1.807) is 42.3 Å². The molecule has 1 saturated carbocycles. The Kier molecular flexibility index (Phi) is 8.63. The fourth-order valence-corrected chi connectivity index (χ4v) is 6.38. The van der Waals surface area contributed by atoms with Gasteiger partial charge in [-0.1, -0.05) is 0 Å². The van der Waals surface area contributed by atoms with Crippen LogP contribution in [0, 0.1) is 0 Å². The molecule has 0 spiro atoms.